The van der Waals surface area contributed by atoms with Crippen LogP contribution in [0.1, 0.15) is 35.6 Å². The number of hydrogen-bond donors (Lipinski definition) is 2. The van der Waals surface area contributed by atoms with Gasteiger partial charge in [-0.05, 0) is 26.3 Å². The van der Waals surface area contributed by atoms with Gasteiger partial charge >= 0.3 is 0 Å². The Kier molecular flexibility index (Phi) is 4.23. The summed E-state index contributed by atoms with van der Waals surface area (Å²) in [6, 6.07) is 1.64. The van der Waals surface area contributed by atoms with Crippen LogP contribution in [0, 0.1) is 0 Å². The quantitative estimate of drug-likeness (QED) is 0.800. The monoisotopic (exact) mass is 358 g/mol. The van der Waals surface area contributed by atoms with Crippen molar-refractivity contribution >= 4 is 11.9 Å². The number of rotatable bonds is 2. The van der Waals surface area contributed by atoms with Gasteiger partial charge in [0, 0.05) is 31.4 Å². The van der Waals surface area contributed by atoms with Crippen LogP contribution in [0.2, 0.25) is 0 Å². The van der Waals surface area contributed by atoms with Gasteiger partial charge in [-0.1, -0.05) is 0 Å². The number of carbonyl (C=O) groups is 1. The van der Waals surface area contributed by atoms with Crippen LogP contribution in [-0.2, 0) is 17.7 Å². The molecule has 2 aromatic rings. The summed E-state index contributed by atoms with van der Waals surface area (Å²) in [6.07, 6.45) is 2.18. The van der Waals surface area contributed by atoms with E-state index < -0.39 is 0 Å². The summed E-state index contributed by atoms with van der Waals surface area (Å²) >= 11 is 0. The summed E-state index contributed by atoms with van der Waals surface area (Å²) in [4.78, 5) is 36.4. The average molecular weight is 358 g/mol. The van der Waals surface area contributed by atoms with Crippen molar-refractivity contribution in [1.82, 2.24) is 25.1 Å². The molecule has 0 unspecified atom stereocenters. The smallest absolute Gasteiger partial charge is 0.272 e. The molecule has 138 valence electrons. The number of ether oxygens (including phenoxy) is 1. The number of anilines is 1. The van der Waals surface area contributed by atoms with E-state index in [0.717, 1.165) is 0 Å². The number of H-pyrrole nitrogens is 2. The highest BCUT2D eigenvalue weighted by molar-refractivity contribution is 5.92. The Morgan fingerprint density at radius 3 is 2.77 bits per heavy atom. The van der Waals surface area contributed by atoms with E-state index in [4.69, 9.17) is 4.74 Å². The van der Waals surface area contributed by atoms with Crippen LogP contribution in [-0.4, -0.2) is 62.8 Å². The van der Waals surface area contributed by atoms with Gasteiger partial charge in [-0.3, -0.25) is 19.7 Å². The first kappa shape index (κ1) is 16.8. The summed E-state index contributed by atoms with van der Waals surface area (Å²) in [5.74, 6) is 0.414. The molecule has 2 aliphatic heterocycles. The second kappa shape index (κ2) is 6.56. The van der Waals surface area contributed by atoms with E-state index in [0.29, 0.717) is 55.5 Å². The van der Waals surface area contributed by atoms with Crippen molar-refractivity contribution in [2.75, 3.05) is 24.5 Å². The van der Waals surface area contributed by atoms with E-state index in [1.807, 2.05) is 18.7 Å². The molecule has 0 radical (unpaired) electrons. The second-order valence-electron chi connectivity index (χ2n) is 6.92. The molecule has 4 heterocycles. The zero-order chi connectivity index (χ0) is 18.3. The Bertz CT molecular complexity index is 852. The Labute approximate surface area is 150 Å². The van der Waals surface area contributed by atoms with Crippen molar-refractivity contribution in [1.29, 1.82) is 0 Å². The van der Waals surface area contributed by atoms with E-state index in [2.05, 4.69) is 20.2 Å². The van der Waals surface area contributed by atoms with Gasteiger partial charge in [-0.15, -0.1) is 0 Å². The number of nitrogens with zero attached hydrogens (tertiary/aromatic N) is 4. The first-order chi connectivity index (χ1) is 12.5. The second-order valence-corrected chi connectivity index (χ2v) is 6.92. The van der Waals surface area contributed by atoms with Crippen molar-refractivity contribution in [3.63, 3.8) is 0 Å². The van der Waals surface area contributed by atoms with Crippen LogP contribution in [0.25, 0.3) is 0 Å². The highest BCUT2D eigenvalue weighted by atomic mass is 16.5. The number of aromatic nitrogens is 4. The average Bonchev–Trinajstić information content (AvgIpc) is 3.14. The van der Waals surface area contributed by atoms with Crippen LogP contribution in [0.15, 0.2) is 17.1 Å². The molecule has 2 N–H and O–H groups in total. The van der Waals surface area contributed by atoms with Crippen molar-refractivity contribution in [2.45, 2.75) is 39.0 Å². The lowest BCUT2D eigenvalue weighted by atomic mass is 10.1. The summed E-state index contributed by atoms with van der Waals surface area (Å²) in [5, 5.41) is 6.52. The first-order valence-electron chi connectivity index (χ1n) is 8.82. The number of nitrogens with one attached hydrogen (secondary N) is 2. The third kappa shape index (κ3) is 3.10. The molecule has 0 bridgehead atoms. The fraction of sp³-hybridized carbons (Fsp3) is 0.529. The number of fused-ring (bicyclic) bond motifs is 1. The third-order valence-corrected chi connectivity index (χ3v) is 4.80. The molecule has 26 heavy (non-hydrogen) atoms. The Morgan fingerprint density at radius 1 is 1.31 bits per heavy atom. The summed E-state index contributed by atoms with van der Waals surface area (Å²) in [6.45, 7) is 6.15. The van der Waals surface area contributed by atoms with E-state index in [9.17, 15) is 9.59 Å². The van der Waals surface area contributed by atoms with E-state index in [-0.39, 0.29) is 23.7 Å². The SMILES string of the molecule is C[C@@H]1CN(c2nc3c(c(=O)[nH]2)CCN(C(=O)c2ccn[nH]2)C3)C[C@@H](C)O1. The Balaban J connectivity index is 1.60. The Morgan fingerprint density at radius 2 is 2.08 bits per heavy atom. The van der Waals surface area contributed by atoms with Crippen molar-refractivity contribution in [2.24, 2.45) is 0 Å². The largest absolute Gasteiger partial charge is 0.372 e. The first-order valence-corrected chi connectivity index (χ1v) is 8.82. The molecule has 9 nitrogen and oxygen atoms in total. The minimum Gasteiger partial charge on any atom is -0.372 e. The molecule has 9 heteroatoms. The summed E-state index contributed by atoms with van der Waals surface area (Å²) in [5.41, 5.74) is 1.64. The molecule has 0 spiro atoms. The lowest BCUT2D eigenvalue weighted by Gasteiger charge is -2.36. The molecular weight excluding hydrogens is 336 g/mol. The number of morpholine rings is 1. The summed E-state index contributed by atoms with van der Waals surface area (Å²) < 4.78 is 5.75. The molecule has 1 fully saturated rings. The topological polar surface area (TPSA) is 107 Å². The molecule has 2 aromatic heterocycles. The van der Waals surface area contributed by atoms with Crippen LogP contribution in [0.3, 0.4) is 0 Å². The maximum Gasteiger partial charge on any atom is 0.272 e. The lowest BCUT2D eigenvalue weighted by Crippen LogP contribution is -2.47. The van der Waals surface area contributed by atoms with Crippen LogP contribution >= 0.6 is 0 Å². The van der Waals surface area contributed by atoms with Gasteiger partial charge in [0.1, 0.15) is 5.69 Å². The predicted molar refractivity (Wildman–Crippen MR) is 94.1 cm³/mol. The van der Waals surface area contributed by atoms with Crippen molar-refractivity contribution in [3.8, 4) is 0 Å². The van der Waals surface area contributed by atoms with E-state index in [1.54, 1.807) is 17.2 Å². The minimum atomic E-state index is -0.134. The molecule has 0 aliphatic carbocycles. The maximum atomic E-state index is 12.5. The van der Waals surface area contributed by atoms with Gasteiger partial charge in [0.25, 0.3) is 11.5 Å². The number of amides is 1. The molecule has 0 saturated carbocycles. The number of aromatic amines is 2. The molecule has 2 atom stereocenters. The van der Waals surface area contributed by atoms with Gasteiger partial charge in [-0.25, -0.2) is 4.98 Å². The lowest BCUT2D eigenvalue weighted by molar-refractivity contribution is -0.00575. The van der Waals surface area contributed by atoms with Gasteiger partial charge in [0.15, 0.2) is 0 Å². The van der Waals surface area contributed by atoms with E-state index in [1.165, 1.54) is 0 Å². The Hall–Kier alpha value is -2.68. The minimum absolute atomic E-state index is 0.0681. The van der Waals surface area contributed by atoms with E-state index >= 15 is 0 Å². The molecule has 1 saturated heterocycles. The standard InChI is InChI=1S/C17H22N6O3/c1-10-7-23(8-11(2)26-10)17-19-14-9-22(6-4-12(14)15(24)20-17)16(25)13-3-5-18-21-13/h3,5,10-11H,4,6-9H2,1-2H3,(H,18,21)(H,19,20,24)/t10-,11-/m1/s1. The van der Waals surface area contributed by atoms with Crippen LogP contribution in [0.5, 0.6) is 0 Å². The molecule has 0 aromatic carbocycles. The number of carbonyl (C=O) groups excluding carboxylic acids is 1. The highest BCUT2D eigenvalue weighted by Gasteiger charge is 2.28. The van der Waals surface area contributed by atoms with Crippen LogP contribution in [0.4, 0.5) is 5.95 Å². The predicted octanol–water partition coefficient (Wildman–Crippen LogP) is 0.305. The highest BCUT2D eigenvalue weighted by Crippen LogP contribution is 2.20. The normalized spacial score (nSPS) is 23.0. The van der Waals surface area contributed by atoms with Gasteiger partial charge in [0.05, 0.1) is 24.4 Å². The zero-order valence-corrected chi connectivity index (χ0v) is 14.9. The van der Waals surface area contributed by atoms with Gasteiger partial charge in [-0.2, -0.15) is 5.10 Å². The third-order valence-electron chi connectivity index (χ3n) is 4.80. The maximum absolute atomic E-state index is 12.5. The number of hydrogen-bond acceptors (Lipinski definition) is 6. The summed E-state index contributed by atoms with van der Waals surface area (Å²) in [7, 11) is 0. The van der Waals surface area contributed by atoms with Gasteiger partial charge < -0.3 is 14.5 Å². The van der Waals surface area contributed by atoms with Gasteiger partial charge in [0.2, 0.25) is 5.95 Å². The zero-order valence-electron chi connectivity index (χ0n) is 14.9. The fourth-order valence-electron chi connectivity index (χ4n) is 3.65. The molecule has 4 rings (SSSR count). The molecule has 2 aliphatic rings. The van der Waals surface area contributed by atoms with Crippen LogP contribution < -0.4 is 10.5 Å². The molecular formula is C17H22N6O3. The van der Waals surface area contributed by atoms with Crippen molar-refractivity contribution < 1.29 is 9.53 Å². The fourth-order valence-corrected chi connectivity index (χ4v) is 3.65. The molecule has 1 amide bonds. The van der Waals surface area contributed by atoms with Crippen molar-refractivity contribution in [3.05, 3.63) is 39.6 Å².